The molecule has 1 aliphatic rings. The Kier molecular flexibility index (Phi) is 5.27. The van der Waals surface area contributed by atoms with Crippen molar-refractivity contribution in [3.8, 4) is 28.4 Å². The molecule has 2 aromatic carbocycles. The van der Waals surface area contributed by atoms with Gasteiger partial charge in [-0.25, -0.2) is 4.39 Å². The maximum Gasteiger partial charge on any atom is 0.323 e. The van der Waals surface area contributed by atoms with Crippen LogP contribution >= 0.6 is 0 Å². The molecule has 3 aromatic rings. The lowest BCUT2D eigenvalue weighted by Gasteiger charge is -2.23. The van der Waals surface area contributed by atoms with Gasteiger partial charge in [0.05, 0.1) is 21.3 Å². The van der Waals surface area contributed by atoms with Crippen LogP contribution in [-0.4, -0.2) is 33.3 Å². The summed E-state index contributed by atoms with van der Waals surface area (Å²) in [5.41, 5.74) is 1.33. The number of esters is 2. The molecule has 6 nitrogen and oxygen atoms in total. The van der Waals surface area contributed by atoms with Crippen molar-refractivity contribution < 1.29 is 32.6 Å². The van der Waals surface area contributed by atoms with Crippen molar-refractivity contribution in [2.24, 2.45) is 5.41 Å². The number of carbonyl (C=O) groups is 2. The fraction of sp³-hybridized carbons (Fsp3) is 0.250. The first kappa shape index (κ1) is 20.7. The third-order valence-electron chi connectivity index (χ3n) is 5.68. The Labute approximate surface area is 178 Å². The van der Waals surface area contributed by atoms with Crippen molar-refractivity contribution in [1.29, 1.82) is 0 Å². The van der Waals surface area contributed by atoms with E-state index in [2.05, 4.69) is 0 Å². The van der Waals surface area contributed by atoms with E-state index in [4.69, 9.17) is 18.6 Å². The number of methoxy groups -OCH3 is 3. The van der Waals surface area contributed by atoms with E-state index in [1.54, 1.807) is 31.4 Å². The van der Waals surface area contributed by atoms with Gasteiger partial charge < -0.3 is 18.6 Å². The molecule has 7 heteroatoms. The largest absolute Gasteiger partial charge is 0.497 e. The monoisotopic (exact) mass is 424 g/mol. The van der Waals surface area contributed by atoms with Gasteiger partial charge in [0, 0.05) is 35.1 Å². The van der Waals surface area contributed by atoms with Gasteiger partial charge in [0.15, 0.2) is 5.41 Å². The number of furan rings is 1. The fourth-order valence-corrected chi connectivity index (χ4v) is 4.11. The first-order valence-corrected chi connectivity index (χ1v) is 9.65. The lowest BCUT2D eigenvalue weighted by molar-refractivity contribution is -0.168. The van der Waals surface area contributed by atoms with Gasteiger partial charge in [-0.3, -0.25) is 9.59 Å². The molecular weight excluding hydrogens is 403 g/mol. The Morgan fingerprint density at radius 3 is 1.68 bits per heavy atom. The molecule has 0 radical (unpaired) electrons. The minimum Gasteiger partial charge on any atom is -0.497 e. The van der Waals surface area contributed by atoms with Gasteiger partial charge in [-0.1, -0.05) is 0 Å². The van der Waals surface area contributed by atoms with Crippen molar-refractivity contribution in [3.05, 3.63) is 65.5 Å². The summed E-state index contributed by atoms with van der Waals surface area (Å²) < 4.78 is 34.8. The molecule has 0 saturated carbocycles. The van der Waals surface area contributed by atoms with E-state index in [0.29, 0.717) is 28.4 Å². The SMILES string of the molecule is COC(=O)C1(C(=O)OC)Cc2c(-c3ccc(F)cc3)oc(-c3ccc(OC)cc3)c2C1. The molecular formula is C24H21FO6. The van der Waals surface area contributed by atoms with Crippen LogP contribution < -0.4 is 4.74 Å². The van der Waals surface area contributed by atoms with Crippen LogP contribution in [0.25, 0.3) is 22.6 Å². The van der Waals surface area contributed by atoms with E-state index in [9.17, 15) is 14.0 Å². The Morgan fingerprint density at radius 1 is 0.806 bits per heavy atom. The Hall–Kier alpha value is -3.61. The van der Waals surface area contributed by atoms with Gasteiger partial charge in [-0.2, -0.15) is 0 Å². The number of hydrogen-bond acceptors (Lipinski definition) is 6. The van der Waals surface area contributed by atoms with Crippen LogP contribution in [0, 0.1) is 11.2 Å². The molecule has 0 bridgehead atoms. The average Bonchev–Trinajstić information content (AvgIpc) is 3.36. The highest BCUT2D eigenvalue weighted by molar-refractivity contribution is 6.02. The molecule has 31 heavy (non-hydrogen) atoms. The number of carbonyl (C=O) groups excluding carboxylic acids is 2. The van der Waals surface area contributed by atoms with Crippen LogP contribution in [0.4, 0.5) is 4.39 Å². The zero-order valence-electron chi connectivity index (χ0n) is 17.4. The first-order valence-electron chi connectivity index (χ1n) is 9.65. The van der Waals surface area contributed by atoms with Crippen molar-refractivity contribution in [1.82, 2.24) is 0 Å². The average molecular weight is 424 g/mol. The van der Waals surface area contributed by atoms with Gasteiger partial charge in [-0.15, -0.1) is 0 Å². The van der Waals surface area contributed by atoms with Crippen molar-refractivity contribution >= 4 is 11.9 Å². The van der Waals surface area contributed by atoms with E-state index in [-0.39, 0.29) is 18.7 Å². The van der Waals surface area contributed by atoms with Gasteiger partial charge in [0.25, 0.3) is 0 Å². The summed E-state index contributed by atoms with van der Waals surface area (Å²) in [5.74, 6) is -0.00490. The predicted octanol–water partition coefficient (Wildman–Crippen LogP) is 4.19. The number of benzene rings is 2. The molecule has 0 aliphatic heterocycles. The summed E-state index contributed by atoms with van der Waals surface area (Å²) in [4.78, 5) is 25.4. The lowest BCUT2D eigenvalue weighted by Crippen LogP contribution is -2.42. The van der Waals surface area contributed by atoms with Crippen LogP contribution in [0.3, 0.4) is 0 Å². The molecule has 0 atom stereocenters. The molecule has 1 heterocycles. The van der Waals surface area contributed by atoms with Gasteiger partial charge in [-0.05, 0) is 48.5 Å². The highest BCUT2D eigenvalue weighted by atomic mass is 19.1. The Morgan fingerprint density at radius 2 is 1.26 bits per heavy atom. The van der Waals surface area contributed by atoms with E-state index in [1.165, 1.54) is 26.4 Å². The smallest absolute Gasteiger partial charge is 0.323 e. The summed E-state index contributed by atoms with van der Waals surface area (Å²) in [7, 11) is 4.06. The zero-order chi connectivity index (χ0) is 22.2. The second-order valence-electron chi connectivity index (χ2n) is 7.37. The van der Waals surface area contributed by atoms with E-state index < -0.39 is 17.4 Å². The molecule has 0 amide bonds. The maximum absolute atomic E-state index is 13.5. The minimum absolute atomic E-state index is 0.0635. The quantitative estimate of drug-likeness (QED) is 0.452. The summed E-state index contributed by atoms with van der Waals surface area (Å²) in [6.07, 6.45) is 0.141. The molecule has 1 aliphatic carbocycles. The second-order valence-corrected chi connectivity index (χ2v) is 7.37. The predicted molar refractivity (Wildman–Crippen MR) is 110 cm³/mol. The number of rotatable bonds is 5. The summed E-state index contributed by atoms with van der Waals surface area (Å²) in [6.45, 7) is 0. The Bertz CT molecular complexity index is 1110. The van der Waals surface area contributed by atoms with Crippen LogP contribution in [0.1, 0.15) is 11.1 Å². The molecule has 0 unspecified atom stereocenters. The van der Waals surface area contributed by atoms with Crippen molar-refractivity contribution in [3.63, 3.8) is 0 Å². The normalized spacial score (nSPS) is 14.1. The van der Waals surface area contributed by atoms with Crippen LogP contribution in [0.5, 0.6) is 5.75 Å². The van der Waals surface area contributed by atoms with Gasteiger partial charge in [0.2, 0.25) is 0 Å². The molecule has 0 N–H and O–H groups in total. The molecule has 0 saturated heterocycles. The summed E-state index contributed by atoms with van der Waals surface area (Å²) in [6, 6.07) is 13.1. The van der Waals surface area contributed by atoms with E-state index >= 15 is 0 Å². The molecule has 4 rings (SSSR count). The molecule has 160 valence electrons. The highest BCUT2D eigenvalue weighted by Crippen LogP contribution is 2.49. The standard InChI is InChI=1S/C24H21FO6/c1-28-17-10-6-15(7-11-17)21-19-13-24(22(26)29-2,23(27)30-3)12-18(19)20(31-21)14-4-8-16(25)9-5-14/h4-11H,12-13H2,1-3H3. The fourth-order valence-electron chi connectivity index (χ4n) is 4.11. The van der Waals surface area contributed by atoms with Gasteiger partial charge in [0.1, 0.15) is 23.1 Å². The maximum atomic E-state index is 13.5. The minimum atomic E-state index is -1.50. The number of fused-ring (bicyclic) bond motifs is 1. The van der Waals surface area contributed by atoms with Crippen molar-refractivity contribution in [2.75, 3.05) is 21.3 Å². The third kappa shape index (κ3) is 3.36. The Balaban J connectivity index is 1.90. The topological polar surface area (TPSA) is 75.0 Å². The van der Waals surface area contributed by atoms with E-state index in [0.717, 1.165) is 11.1 Å². The molecule has 1 aromatic heterocycles. The number of hydrogen-bond donors (Lipinski definition) is 0. The van der Waals surface area contributed by atoms with E-state index in [1.807, 2.05) is 12.1 Å². The highest BCUT2D eigenvalue weighted by Gasteiger charge is 2.55. The van der Waals surface area contributed by atoms with Crippen LogP contribution in [-0.2, 0) is 31.9 Å². The number of ether oxygens (including phenoxy) is 3. The molecule has 0 spiro atoms. The second kappa shape index (κ2) is 7.91. The number of halogens is 1. The lowest BCUT2D eigenvalue weighted by atomic mass is 9.84. The van der Waals surface area contributed by atoms with Crippen LogP contribution in [0.2, 0.25) is 0 Å². The summed E-state index contributed by atoms with van der Waals surface area (Å²) >= 11 is 0. The summed E-state index contributed by atoms with van der Waals surface area (Å²) in [5, 5.41) is 0. The third-order valence-corrected chi connectivity index (χ3v) is 5.68. The van der Waals surface area contributed by atoms with Gasteiger partial charge >= 0.3 is 11.9 Å². The van der Waals surface area contributed by atoms with Crippen molar-refractivity contribution in [2.45, 2.75) is 12.8 Å². The first-order chi connectivity index (χ1) is 14.9. The molecule has 0 fully saturated rings. The zero-order valence-corrected chi connectivity index (χ0v) is 17.4. The van der Waals surface area contributed by atoms with Crippen LogP contribution in [0.15, 0.2) is 52.9 Å².